The number of nitrogens with one attached hydrogen (secondary N) is 1. The Morgan fingerprint density at radius 2 is 1.71 bits per heavy atom. The lowest BCUT2D eigenvalue weighted by molar-refractivity contribution is 0.0999. The SMILES string of the molecule is NC(=O)c1sc(NC2C3C4CCC(C4)C23)c(C(N)=O)c1N. The highest BCUT2D eigenvalue weighted by atomic mass is 32.1. The van der Waals surface area contributed by atoms with Crippen LogP contribution in [0.1, 0.15) is 39.3 Å². The second-order valence-corrected chi connectivity index (χ2v) is 7.46. The Kier molecular flexibility index (Phi) is 2.54. The Morgan fingerprint density at radius 1 is 1.10 bits per heavy atom. The van der Waals surface area contributed by atoms with Crippen LogP contribution in [0.3, 0.4) is 0 Å². The van der Waals surface area contributed by atoms with E-state index in [0.717, 1.165) is 23.2 Å². The van der Waals surface area contributed by atoms with Crippen molar-refractivity contribution in [1.29, 1.82) is 0 Å². The largest absolute Gasteiger partial charge is 0.397 e. The minimum Gasteiger partial charge on any atom is -0.397 e. The molecule has 1 heterocycles. The summed E-state index contributed by atoms with van der Waals surface area (Å²) < 4.78 is 0. The summed E-state index contributed by atoms with van der Waals surface area (Å²) in [6.45, 7) is 0. The number of hydrogen-bond acceptors (Lipinski definition) is 5. The molecule has 21 heavy (non-hydrogen) atoms. The van der Waals surface area contributed by atoms with Gasteiger partial charge in [0.15, 0.2) is 0 Å². The number of carbonyl (C=O) groups excluding carboxylic acids is 2. The molecule has 3 aliphatic carbocycles. The molecular weight excluding hydrogens is 288 g/mol. The number of anilines is 2. The van der Waals surface area contributed by atoms with Crippen LogP contribution >= 0.6 is 11.3 Å². The average molecular weight is 306 g/mol. The number of fused-ring (bicyclic) bond motifs is 5. The van der Waals surface area contributed by atoms with Crippen LogP contribution in [0.4, 0.5) is 10.7 Å². The fourth-order valence-electron chi connectivity index (χ4n) is 4.64. The normalized spacial score (nSPS) is 35.5. The summed E-state index contributed by atoms with van der Waals surface area (Å²) in [6.07, 6.45) is 4.01. The number of thiophene rings is 1. The van der Waals surface area contributed by atoms with Gasteiger partial charge >= 0.3 is 0 Å². The van der Waals surface area contributed by atoms with E-state index in [-0.39, 0.29) is 16.1 Å². The van der Waals surface area contributed by atoms with E-state index in [1.54, 1.807) is 0 Å². The van der Waals surface area contributed by atoms with Gasteiger partial charge in [-0.3, -0.25) is 9.59 Å². The Labute approximate surface area is 126 Å². The van der Waals surface area contributed by atoms with Gasteiger partial charge in [-0.2, -0.15) is 0 Å². The molecule has 7 N–H and O–H groups in total. The highest BCUT2D eigenvalue weighted by Crippen LogP contribution is 2.66. The third-order valence-corrected chi connectivity index (χ3v) is 6.60. The number of hydrogen-bond donors (Lipinski definition) is 4. The molecule has 4 rings (SSSR count). The maximum Gasteiger partial charge on any atom is 0.260 e. The first kappa shape index (κ1) is 12.9. The first-order valence-corrected chi connectivity index (χ1v) is 8.09. The van der Waals surface area contributed by atoms with E-state index in [4.69, 9.17) is 17.2 Å². The van der Waals surface area contributed by atoms with Gasteiger partial charge in [0, 0.05) is 6.04 Å². The molecule has 0 aromatic carbocycles. The monoisotopic (exact) mass is 306 g/mol. The highest BCUT2D eigenvalue weighted by molar-refractivity contribution is 7.19. The zero-order chi connectivity index (χ0) is 14.9. The van der Waals surface area contributed by atoms with Crippen LogP contribution in [0, 0.1) is 23.7 Å². The van der Waals surface area contributed by atoms with Gasteiger partial charge in [-0.25, -0.2) is 0 Å². The lowest BCUT2D eigenvalue weighted by Crippen LogP contribution is -2.18. The third-order valence-electron chi connectivity index (χ3n) is 5.45. The number of nitrogens with two attached hydrogens (primary N) is 3. The second kappa shape index (κ2) is 4.13. The van der Waals surface area contributed by atoms with E-state index in [0.29, 0.717) is 22.9 Å². The predicted octanol–water partition coefficient (Wildman–Crippen LogP) is 0.984. The molecule has 3 aliphatic rings. The summed E-state index contributed by atoms with van der Waals surface area (Å²) >= 11 is 1.14. The summed E-state index contributed by atoms with van der Waals surface area (Å²) in [5.41, 5.74) is 16.9. The van der Waals surface area contributed by atoms with Crippen LogP contribution in [0.15, 0.2) is 0 Å². The van der Waals surface area contributed by atoms with Crippen molar-refractivity contribution in [2.45, 2.75) is 25.3 Å². The molecule has 4 unspecified atom stereocenters. The third kappa shape index (κ3) is 1.70. The first-order valence-electron chi connectivity index (χ1n) is 7.27. The molecule has 112 valence electrons. The maximum absolute atomic E-state index is 11.6. The summed E-state index contributed by atoms with van der Waals surface area (Å²) in [5, 5.41) is 4.02. The first-order chi connectivity index (χ1) is 9.99. The lowest BCUT2D eigenvalue weighted by atomic mass is 10.0. The van der Waals surface area contributed by atoms with Gasteiger partial charge in [0.25, 0.3) is 11.8 Å². The van der Waals surface area contributed by atoms with Crippen molar-refractivity contribution < 1.29 is 9.59 Å². The number of amides is 2. The van der Waals surface area contributed by atoms with Gasteiger partial charge < -0.3 is 22.5 Å². The van der Waals surface area contributed by atoms with Crippen molar-refractivity contribution in [1.82, 2.24) is 0 Å². The van der Waals surface area contributed by atoms with Crippen LogP contribution in [0.5, 0.6) is 0 Å². The van der Waals surface area contributed by atoms with Gasteiger partial charge in [0.05, 0.1) is 11.3 Å². The fourth-order valence-corrected chi connectivity index (χ4v) is 5.67. The molecule has 0 aliphatic heterocycles. The minimum absolute atomic E-state index is 0.108. The molecule has 1 aromatic heterocycles. The Bertz CT molecular complexity index is 640. The molecule has 4 atom stereocenters. The van der Waals surface area contributed by atoms with Gasteiger partial charge in [-0.15, -0.1) is 11.3 Å². The Morgan fingerprint density at radius 3 is 2.24 bits per heavy atom. The summed E-state index contributed by atoms with van der Waals surface area (Å²) in [4.78, 5) is 23.2. The molecule has 3 saturated carbocycles. The maximum atomic E-state index is 11.6. The minimum atomic E-state index is -0.621. The van der Waals surface area contributed by atoms with Crippen molar-refractivity contribution in [2.75, 3.05) is 11.1 Å². The van der Waals surface area contributed by atoms with E-state index in [9.17, 15) is 9.59 Å². The van der Waals surface area contributed by atoms with E-state index in [2.05, 4.69) is 5.32 Å². The lowest BCUT2D eigenvalue weighted by Gasteiger charge is -2.11. The van der Waals surface area contributed by atoms with Crippen molar-refractivity contribution in [3.8, 4) is 0 Å². The van der Waals surface area contributed by atoms with Gasteiger partial charge in [-0.05, 0) is 42.9 Å². The number of primary amides is 2. The van der Waals surface area contributed by atoms with Crippen LogP contribution in [0.25, 0.3) is 0 Å². The zero-order valence-corrected chi connectivity index (χ0v) is 12.3. The van der Waals surface area contributed by atoms with Crippen LogP contribution in [0.2, 0.25) is 0 Å². The van der Waals surface area contributed by atoms with E-state index < -0.39 is 11.8 Å². The standard InChI is InChI=1S/C14H18N4O2S/c15-9-8(12(16)19)14(21-11(9)13(17)20)18-10-6-4-1-2-5(3-4)7(6)10/h4-7,10,18H,1-3,15H2,(H2,16,19)(H2,17,20). The second-order valence-electron chi connectivity index (χ2n) is 6.44. The molecule has 0 spiro atoms. The molecule has 2 bridgehead atoms. The molecule has 6 nitrogen and oxygen atoms in total. The smallest absolute Gasteiger partial charge is 0.260 e. The topological polar surface area (TPSA) is 124 Å². The quantitative estimate of drug-likeness (QED) is 0.662. The molecule has 7 heteroatoms. The van der Waals surface area contributed by atoms with Gasteiger partial charge in [-0.1, -0.05) is 0 Å². The van der Waals surface area contributed by atoms with Gasteiger partial charge in [0.2, 0.25) is 0 Å². The number of carbonyl (C=O) groups is 2. The van der Waals surface area contributed by atoms with Crippen LogP contribution < -0.4 is 22.5 Å². The summed E-state index contributed by atoms with van der Waals surface area (Å²) in [6, 6.07) is 0.396. The zero-order valence-electron chi connectivity index (χ0n) is 11.5. The molecule has 0 radical (unpaired) electrons. The van der Waals surface area contributed by atoms with Crippen LogP contribution in [-0.2, 0) is 0 Å². The van der Waals surface area contributed by atoms with Gasteiger partial charge in [0.1, 0.15) is 9.88 Å². The molecule has 3 fully saturated rings. The molecule has 0 saturated heterocycles. The fraction of sp³-hybridized carbons (Fsp3) is 0.571. The Hall–Kier alpha value is -1.76. The van der Waals surface area contributed by atoms with Crippen molar-refractivity contribution in [3.05, 3.63) is 10.4 Å². The van der Waals surface area contributed by atoms with Crippen LogP contribution in [-0.4, -0.2) is 17.9 Å². The van der Waals surface area contributed by atoms with E-state index in [1.165, 1.54) is 19.3 Å². The predicted molar refractivity (Wildman–Crippen MR) is 81.0 cm³/mol. The summed E-state index contributed by atoms with van der Waals surface area (Å²) in [7, 11) is 0. The highest BCUT2D eigenvalue weighted by Gasteiger charge is 2.65. The molecule has 2 amide bonds. The van der Waals surface area contributed by atoms with Crippen molar-refractivity contribution in [3.63, 3.8) is 0 Å². The average Bonchev–Trinajstić information content (AvgIpc) is 2.78. The van der Waals surface area contributed by atoms with E-state index >= 15 is 0 Å². The van der Waals surface area contributed by atoms with Crippen molar-refractivity contribution >= 4 is 33.8 Å². The number of nitrogen functional groups attached to an aromatic ring is 1. The number of rotatable bonds is 4. The summed E-state index contributed by atoms with van der Waals surface area (Å²) in [5.74, 6) is 1.83. The Balaban J connectivity index is 1.62. The van der Waals surface area contributed by atoms with Crippen molar-refractivity contribution in [2.24, 2.45) is 35.1 Å². The molecular formula is C14H18N4O2S. The van der Waals surface area contributed by atoms with E-state index in [1.807, 2.05) is 0 Å². The molecule has 1 aromatic rings.